The van der Waals surface area contributed by atoms with E-state index in [2.05, 4.69) is 17.9 Å². The SMILES string of the molecule is O=C1NC2(CCCCCCC2)C(=O)N1CCCCS. The van der Waals surface area contributed by atoms with E-state index in [1.54, 1.807) is 0 Å². The predicted octanol–water partition coefficient (Wildman–Crippen LogP) is 2.73. The number of carbonyl (C=O) groups excluding carboxylic acids is 2. The summed E-state index contributed by atoms with van der Waals surface area (Å²) in [6.07, 6.45) is 9.07. The van der Waals surface area contributed by atoms with Gasteiger partial charge in [-0.2, -0.15) is 12.6 Å². The number of rotatable bonds is 4. The maximum atomic E-state index is 12.6. The average Bonchev–Trinajstić information content (AvgIpc) is 2.59. The number of carbonyl (C=O) groups is 2. The lowest BCUT2D eigenvalue weighted by Gasteiger charge is -2.28. The van der Waals surface area contributed by atoms with E-state index >= 15 is 0 Å². The van der Waals surface area contributed by atoms with Gasteiger partial charge < -0.3 is 5.32 Å². The Hall–Kier alpha value is -0.710. The van der Waals surface area contributed by atoms with Gasteiger partial charge in [-0.15, -0.1) is 0 Å². The van der Waals surface area contributed by atoms with Crippen molar-refractivity contribution in [3.8, 4) is 0 Å². The molecule has 3 amide bonds. The second-order valence-electron chi connectivity index (χ2n) is 5.67. The predicted molar refractivity (Wildman–Crippen MR) is 78.4 cm³/mol. The average molecular weight is 284 g/mol. The van der Waals surface area contributed by atoms with E-state index in [9.17, 15) is 9.59 Å². The number of amides is 3. The molecule has 1 spiro atoms. The largest absolute Gasteiger partial charge is 0.325 e. The lowest BCUT2D eigenvalue weighted by Crippen LogP contribution is -2.47. The standard InChI is InChI=1S/C14H24N2O2S/c17-12-14(8-4-2-1-3-5-9-14)15-13(18)16(12)10-6-7-11-19/h19H,1-11H2,(H,15,18). The molecule has 1 heterocycles. The van der Waals surface area contributed by atoms with Crippen molar-refractivity contribution in [1.29, 1.82) is 0 Å². The number of urea groups is 1. The summed E-state index contributed by atoms with van der Waals surface area (Å²) in [5, 5.41) is 2.98. The highest BCUT2D eigenvalue weighted by atomic mass is 32.1. The third-order valence-corrected chi connectivity index (χ3v) is 4.56. The zero-order valence-corrected chi connectivity index (χ0v) is 12.4. The first-order chi connectivity index (χ1) is 9.19. The molecular weight excluding hydrogens is 260 g/mol. The normalized spacial score (nSPS) is 23.3. The van der Waals surface area contributed by atoms with Crippen LogP contribution in [-0.4, -0.2) is 34.7 Å². The molecule has 0 unspecified atom stereocenters. The lowest BCUT2D eigenvalue weighted by atomic mass is 9.84. The second kappa shape index (κ2) is 6.64. The number of hydrogen-bond acceptors (Lipinski definition) is 3. The van der Waals surface area contributed by atoms with Crippen LogP contribution in [0, 0.1) is 0 Å². The molecule has 1 aliphatic carbocycles. The summed E-state index contributed by atoms with van der Waals surface area (Å²) in [7, 11) is 0. The van der Waals surface area contributed by atoms with Gasteiger partial charge in [-0.25, -0.2) is 4.79 Å². The van der Waals surface area contributed by atoms with Crippen molar-refractivity contribution in [2.24, 2.45) is 0 Å². The first-order valence-corrected chi connectivity index (χ1v) is 8.08. The fourth-order valence-electron chi connectivity index (χ4n) is 3.11. The zero-order chi connectivity index (χ0) is 13.7. The molecule has 2 aliphatic rings. The molecule has 2 fully saturated rings. The highest BCUT2D eigenvalue weighted by Gasteiger charge is 2.49. The molecule has 108 valence electrons. The van der Waals surface area contributed by atoms with Crippen molar-refractivity contribution in [3.05, 3.63) is 0 Å². The van der Waals surface area contributed by atoms with E-state index in [0.29, 0.717) is 6.54 Å². The van der Waals surface area contributed by atoms with Crippen LogP contribution in [0.2, 0.25) is 0 Å². The number of imide groups is 1. The first kappa shape index (κ1) is 14.7. The van der Waals surface area contributed by atoms with Crippen molar-refractivity contribution in [2.75, 3.05) is 12.3 Å². The van der Waals surface area contributed by atoms with Crippen LogP contribution in [-0.2, 0) is 4.79 Å². The molecule has 1 aliphatic heterocycles. The van der Waals surface area contributed by atoms with E-state index in [4.69, 9.17) is 0 Å². The van der Waals surface area contributed by atoms with Crippen LogP contribution in [0.25, 0.3) is 0 Å². The summed E-state index contributed by atoms with van der Waals surface area (Å²) in [5.41, 5.74) is -0.585. The fraction of sp³-hybridized carbons (Fsp3) is 0.857. The highest BCUT2D eigenvalue weighted by Crippen LogP contribution is 2.32. The van der Waals surface area contributed by atoms with E-state index in [1.807, 2.05) is 0 Å². The Morgan fingerprint density at radius 2 is 1.68 bits per heavy atom. The number of nitrogens with one attached hydrogen (secondary N) is 1. The number of hydrogen-bond donors (Lipinski definition) is 2. The maximum Gasteiger partial charge on any atom is 0.325 e. The Balaban J connectivity index is 2.02. The van der Waals surface area contributed by atoms with Gasteiger partial charge in [0.2, 0.25) is 0 Å². The maximum absolute atomic E-state index is 12.6. The van der Waals surface area contributed by atoms with Gasteiger partial charge in [0, 0.05) is 6.54 Å². The summed E-state index contributed by atoms with van der Waals surface area (Å²) < 4.78 is 0. The molecular formula is C14H24N2O2S. The summed E-state index contributed by atoms with van der Waals surface area (Å²) in [6.45, 7) is 0.535. The molecule has 0 bridgehead atoms. The Bertz CT molecular complexity index is 338. The van der Waals surface area contributed by atoms with E-state index < -0.39 is 5.54 Å². The first-order valence-electron chi connectivity index (χ1n) is 7.45. The molecule has 0 aromatic carbocycles. The van der Waals surface area contributed by atoms with Gasteiger partial charge in [-0.05, 0) is 31.4 Å². The van der Waals surface area contributed by atoms with Crippen molar-refractivity contribution < 1.29 is 9.59 Å². The highest BCUT2D eigenvalue weighted by molar-refractivity contribution is 7.80. The molecule has 19 heavy (non-hydrogen) atoms. The molecule has 4 nitrogen and oxygen atoms in total. The van der Waals surface area contributed by atoms with Gasteiger partial charge in [0.25, 0.3) is 5.91 Å². The monoisotopic (exact) mass is 284 g/mol. The van der Waals surface area contributed by atoms with Crippen LogP contribution in [0.1, 0.15) is 57.8 Å². The van der Waals surface area contributed by atoms with Gasteiger partial charge in [0.1, 0.15) is 5.54 Å². The van der Waals surface area contributed by atoms with Crippen molar-refractivity contribution in [2.45, 2.75) is 63.3 Å². The van der Waals surface area contributed by atoms with E-state index in [0.717, 1.165) is 44.3 Å². The molecule has 1 N–H and O–H groups in total. The number of thiol groups is 1. The third kappa shape index (κ3) is 3.25. The molecule has 2 rings (SSSR count). The summed E-state index contributed by atoms with van der Waals surface area (Å²) in [5.74, 6) is 0.813. The smallest absolute Gasteiger partial charge is 0.323 e. The lowest BCUT2D eigenvalue weighted by molar-refractivity contribution is -0.132. The van der Waals surface area contributed by atoms with Crippen molar-refractivity contribution >= 4 is 24.6 Å². The molecule has 0 aromatic heterocycles. The minimum atomic E-state index is -0.585. The molecule has 1 saturated heterocycles. The Labute approximate surface area is 120 Å². The molecule has 0 radical (unpaired) electrons. The van der Waals surface area contributed by atoms with Gasteiger partial charge in [0.05, 0.1) is 0 Å². The Morgan fingerprint density at radius 3 is 2.32 bits per heavy atom. The quantitative estimate of drug-likeness (QED) is 0.474. The summed E-state index contributed by atoms with van der Waals surface area (Å²) >= 11 is 4.16. The van der Waals surface area contributed by atoms with Crippen LogP contribution in [0.15, 0.2) is 0 Å². The summed E-state index contributed by atoms with van der Waals surface area (Å²) in [4.78, 5) is 26.0. The van der Waals surface area contributed by atoms with Gasteiger partial charge in [-0.1, -0.05) is 32.1 Å². The van der Waals surface area contributed by atoms with E-state index in [1.165, 1.54) is 24.2 Å². The molecule has 0 atom stereocenters. The van der Waals surface area contributed by atoms with Crippen LogP contribution in [0.3, 0.4) is 0 Å². The van der Waals surface area contributed by atoms with Crippen molar-refractivity contribution in [1.82, 2.24) is 10.2 Å². The minimum Gasteiger partial charge on any atom is -0.323 e. The van der Waals surface area contributed by atoms with Gasteiger partial charge >= 0.3 is 6.03 Å². The topological polar surface area (TPSA) is 49.4 Å². The summed E-state index contributed by atoms with van der Waals surface area (Å²) in [6, 6.07) is -0.190. The molecule has 0 aromatic rings. The Kier molecular flexibility index (Phi) is 5.13. The zero-order valence-electron chi connectivity index (χ0n) is 11.5. The van der Waals surface area contributed by atoms with Crippen LogP contribution in [0.5, 0.6) is 0 Å². The molecule has 1 saturated carbocycles. The molecule has 5 heteroatoms. The van der Waals surface area contributed by atoms with Gasteiger partial charge in [-0.3, -0.25) is 9.69 Å². The third-order valence-electron chi connectivity index (χ3n) is 4.24. The van der Waals surface area contributed by atoms with Crippen molar-refractivity contribution in [3.63, 3.8) is 0 Å². The van der Waals surface area contributed by atoms with Crippen LogP contribution < -0.4 is 5.32 Å². The van der Waals surface area contributed by atoms with E-state index in [-0.39, 0.29) is 11.9 Å². The fourth-order valence-corrected chi connectivity index (χ4v) is 3.33. The number of nitrogens with zero attached hydrogens (tertiary/aromatic N) is 1. The number of unbranched alkanes of at least 4 members (excludes halogenated alkanes) is 1. The Morgan fingerprint density at radius 1 is 1.05 bits per heavy atom. The van der Waals surface area contributed by atoms with Crippen LogP contribution >= 0.6 is 12.6 Å². The van der Waals surface area contributed by atoms with Gasteiger partial charge in [0.15, 0.2) is 0 Å². The van der Waals surface area contributed by atoms with Crippen LogP contribution in [0.4, 0.5) is 4.79 Å². The minimum absolute atomic E-state index is 0.0126. The second-order valence-corrected chi connectivity index (χ2v) is 6.11.